The van der Waals surface area contributed by atoms with Crippen molar-refractivity contribution in [1.82, 2.24) is 8.85 Å². The van der Waals surface area contributed by atoms with Gasteiger partial charge in [-0.05, 0) is 0 Å². The van der Waals surface area contributed by atoms with E-state index in [1.807, 2.05) is 0 Å². The van der Waals surface area contributed by atoms with E-state index in [2.05, 4.69) is 15.8 Å². The number of aliphatic hydroxyl groups is 1. The van der Waals surface area contributed by atoms with Crippen LogP contribution in [0.1, 0.15) is 46.0 Å². The average Bonchev–Trinajstić information content (AvgIpc) is 2.45. The van der Waals surface area contributed by atoms with Gasteiger partial charge in [0.1, 0.15) is 0 Å². The van der Waals surface area contributed by atoms with Crippen LogP contribution < -0.4 is 30.1 Å². The van der Waals surface area contributed by atoms with Crippen molar-refractivity contribution in [3.63, 3.8) is 0 Å². The molecule has 0 aliphatic heterocycles. The standard InChI is InChI=1S/C13H25I2N2O4/c1-3-4-5-6-12(21-10(2)18)11(19)7-8-15-9-16-13(20)17-14/h11-12,19H,3-9H2,1-2H3,(H2,16,17,20)/q-1. The van der Waals surface area contributed by atoms with Crippen molar-refractivity contribution in [3.05, 3.63) is 0 Å². The van der Waals surface area contributed by atoms with E-state index >= 15 is 0 Å². The Labute approximate surface area is 150 Å². The molecule has 2 amide bonds. The molecule has 126 valence electrons. The van der Waals surface area contributed by atoms with Crippen LogP contribution in [0.3, 0.4) is 0 Å². The second-order valence-corrected chi connectivity index (χ2v) is 8.07. The number of rotatable bonds is 11. The molecule has 0 heterocycles. The molecule has 0 spiro atoms. The van der Waals surface area contributed by atoms with E-state index in [0.717, 1.165) is 23.7 Å². The van der Waals surface area contributed by atoms with Crippen LogP contribution in [0.25, 0.3) is 0 Å². The van der Waals surface area contributed by atoms with Gasteiger partial charge in [-0.25, -0.2) is 0 Å². The summed E-state index contributed by atoms with van der Waals surface area (Å²) in [4.78, 5) is 22.1. The van der Waals surface area contributed by atoms with Crippen molar-refractivity contribution in [2.24, 2.45) is 0 Å². The topological polar surface area (TPSA) is 87.7 Å². The van der Waals surface area contributed by atoms with E-state index in [9.17, 15) is 14.7 Å². The molecular weight excluding hydrogens is 502 g/mol. The molecular formula is C13H25I2N2O4-. The number of urea groups is 1. The fourth-order valence-electron chi connectivity index (χ4n) is 1.72. The SMILES string of the molecule is CCCCCC(OC(C)=O)C(O)CC[I-]CNC(=O)NI. The van der Waals surface area contributed by atoms with Gasteiger partial charge in [0, 0.05) is 0 Å². The molecule has 2 unspecified atom stereocenters. The molecule has 3 N–H and O–H groups in total. The molecule has 0 saturated carbocycles. The van der Waals surface area contributed by atoms with E-state index < -0.39 is 12.2 Å². The molecule has 21 heavy (non-hydrogen) atoms. The normalized spacial score (nSPS) is 13.5. The molecule has 0 aliphatic rings. The van der Waals surface area contributed by atoms with Gasteiger partial charge in [0.25, 0.3) is 0 Å². The molecule has 0 aromatic rings. The average molecular weight is 527 g/mol. The zero-order valence-corrected chi connectivity index (χ0v) is 16.8. The minimum absolute atomic E-state index is 0.187. The fourth-order valence-corrected chi connectivity index (χ4v) is 3.99. The summed E-state index contributed by atoms with van der Waals surface area (Å²) in [5.74, 6) is -0.342. The number of aliphatic hydroxyl groups excluding tert-OH is 1. The van der Waals surface area contributed by atoms with Crippen molar-refractivity contribution in [2.75, 3.05) is 8.98 Å². The Hall–Kier alpha value is 0.160. The number of carbonyl (C=O) groups excluding carboxylic acids is 2. The van der Waals surface area contributed by atoms with Crippen LogP contribution in [0, 0.1) is 0 Å². The molecule has 8 heteroatoms. The Morgan fingerprint density at radius 2 is 2.05 bits per heavy atom. The van der Waals surface area contributed by atoms with Crippen LogP contribution in [0.4, 0.5) is 4.79 Å². The van der Waals surface area contributed by atoms with Crippen molar-refractivity contribution >= 4 is 34.9 Å². The number of halogens is 2. The summed E-state index contributed by atoms with van der Waals surface area (Å²) in [7, 11) is 0. The zero-order chi connectivity index (χ0) is 16.1. The van der Waals surface area contributed by atoms with E-state index in [4.69, 9.17) is 4.74 Å². The first-order valence-electron chi connectivity index (χ1n) is 7.04. The third kappa shape index (κ3) is 12.4. The number of hydrogen-bond donors (Lipinski definition) is 3. The number of nitrogens with one attached hydrogen (secondary N) is 2. The van der Waals surface area contributed by atoms with Crippen molar-refractivity contribution in [2.45, 2.75) is 58.2 Å². The Bertz CT molecular complexity index is 306. The van der Waals surface area contributed by atoms with Gasteiger partial charge in [0.05, 0.1) is 0 Å². The Morgan fingerprint density at radius 3 is 2.62 bits per heavy atom. The van der Waals surface area contributed by atoms with Crippen LogP contribution in [0.2, 0.25) is 0 Å². The summed E-state index contributed by atoms with van der Waals surface area (Å²) in [5, 5.41) is 12.9. The second-order valence-electron chi connectivity index (χ2n) is 4.61. The Kier molecular flexibility index (Phi) is 13.9. The van der Waals surface area contributed by atoms with Crippen LogP contribution in [-0.4, -0.2) is 38.3 Å². The van der Waals surface area contributed by atoms with Gasteiger partial charge >= 0.3 is 151 Å². The van der Waals surface area contributed by atoms with Gasteiger partial charge in [0.2, 0.25) is 0 Å². The summed E-state index contributed by atoms with van der Waals surface area (Å²) >= 11 is 1.59. The molecule has 0 bridgehead atoms. The summed E-state index contributed by atoms with van der Waals surface area (Å²) in [6.45, 7) is 3.49. The van der Waals surface area contributed by atoms with Gasteiger partial charge in [-0.2, -0.15) is 0 Å². The van der Waals surface area contributed by atoms with E-state index in [-0.39, 0.29) is 33.2 Å². The first-order chi connectivity index (χ1) is 10.0. The number of alkyl halides is 2. The number of ether oxygens (including phenoxy) is 1. The van der Waals surface area contributed by atoms with Crippen LogP contribution >= 0.6 is 22.9 Å². The van der Waals surface area contributed by atoms with Crippen LogP contribution in [-0.2, 0) is 9.53 Å². The van der Waals surface area contributed by atoms with E-state index in [1.54, 1.807) is 22.9 Å². The van der Waals surface area contributed by atoms with E-state index in [0.29, 0.717) is 17.4 Å². The summed E-state index contributed by atoms with van der Waals surface area (Å²) in [6, 6.07) is -0.187. The van der Waals surface area contributed by atoms with Crippen molar-refractivity contribution in [3.8, 4) is 0 Å². The number of hydrogen-bond acceptors (Lipinski definition) is 4. The Balaban J connectivity index is 3.94. The zero-order valence-electron chi connectivity index (χ0n) is 12.5. The second kappa shape index (κ2) is 13.8. The van der Waals surface area contributed by atoms with Gasteiger partial charge in [-0.3, -0.25) is 0 Å². The molecule has 0 fully saturated rings. The Morgan fingerprint density at radius 1 is 1.33 bits per heavy atom. The number of unbranched alkanes of at least 4 members (excludes halogenated alkanes) is 2. The third-order valence-corrected chi connectivity index (χ3v) is 5.58. The summed E-state index contributed by atoms with van der Waals surface area (Å²) in [6.07, 6.45) is 3.45. The van der Waals surface area contributed by atoms with Crippen molar-refractivity contribution < 1.29 is 40.6 Å². The first kappa shape index (κ1) is 21.2. The van der Waals surface area contributed by atoms with Crippen LogP contribution in [0.5, 0.6) is 0 Å². The van der Waals surface area contributed by atoms with Gasteiger partial charge < -0.3 is 0 Å². The molecule has 6 nitrogen and oxygen atoms in total. The minimum atomic E-state index is -0.608. The molecule has 0 saturated heterocycles. The van der Waals surface area contributed by atoms with Gasteiger partial charge in [-0.15, -0.1) is 0 Å². The van der Waals surface area contributed by atoms with Gasteiger partial charge in [-0.1, -0.05) is 0 Å². The fraction of sp³-hybridized carbons (Fsp3) is 0.846. The quantitative estimate of drug-likeness (QED) is 0.0800. The maximum atomic E-state index is 11.1. The maximum absolute atomic E-state index is 11.1. The third-order valence-electron chi connectivity index (χ3n) is 2.78. The monoisotopic (exact) mass is 527 g/mol. The molecule has 2 atom stereocenters. The molecule has 0 rings (SSSR count). The van der Waals surface area contributed by atoms with E-state index in [1.165, 1.54) is 6.92 Å². The number of amides is 2. The van der Waals surface area contributed by atoms with Crippen LogP contribution in [0.15, 0.2) is 0 Å². The summed E-state index contributed by atoms with van der Waals surface area (Å²) in [5.41, 5.74) is 0. The number of esters is 1. The molecule has 0 aliphatic carbocycles. The molecule has 0 aromatic heterocycles. The molecule has 0 radical (unpaired) electrons. The number of carbonyl (C=O) groups is 2. The predicted octanol–water partition coefficient (Wildman–Crippen LogP) is -1.05. The predicted molar refractivity (Wildman–Crippen MR) is 85.7 cm³/mol. The van der Waals surface area contributed by atoms with Crippen molar-refractivity contribution in [1.29, 1.82) is 0 Å². The summed E-state index contributed by atoms with van der Waals surface area (Å²) < 4.78 is 9.23. The van der Waals surface area contributed by atoms with Gasteiger partial charge in [0.15, 0.2) is 0 Å². The first-order valence-corrected chi connectivity index (χ1v) is 11.2. The molecule has 0 aromatic carbocycles.